The van der Waals surface area contributed by atoms with E-state index < -0.39 is 11.1 Å². The van der Waals surface area contributed by atoms with E-state index in [4.69, 9.17) is 19.7 Å². The molecule has 0 spiro atoms. The molecule has 0 amide bonds. The Labute approximate surface area is 394 Å². The number of aryl methyl sites for hydroxylation is 5. The average Bonchev–Trinajstić information content (AvgIpc) is 3.74. The van der Waals surface area contributed by atoms with Gasteiger partial charge in [-0.3, -0.25) is 14.5 Å². The highest BCUT2D eigenvalue weighted by Crippen LogP contribution is 2.55. The van der Waals surface area contributed by atoms with E-state index in [9.17, 15) is 0 Å². The van der Waals surface area contributed by atoms with Crippen LogP contribution in [-0.2, 0) is 5.41 Å². The van der Waals surface area contributed by atoms with Crippen LogP contribution in [0.2, 0.25) is 0 Å². The molecule has 0 aliphatic carbocycles. The summed E-state index contributed by atoms with van der Waals surface area (Å²) in [5.41, 5.74) is 16.6. The van der Waals surface area contributed by atoms with Gasteiger partial charge in [0.05, 0.1) is 28.0 Å². The van der Waals surface area contributed by atoms with Crippen LogP contribution >= 0.6 is 0 Å². The summed E-state index contributed by atoms with van der Waals surface area (Å²) in [7, 11) is 0. The molecule has 0 bridgehead atoms. The molecule has 11 rings (SSSR count). The summed E-state index contributed by atoms with van der Waals surface area (Å²) < 4.78 is 9.62. The number of pyridine rings is 2. The Morgan fingerprint density at radius 1 is 0.567 bits per heavy atom. The molecule has 6 aromatic carbocycles. The van der Waals surface area contributed by atoms with Crippen molar-refractivity contribution in [3.05, 3.63) is 214 Å². The lowest BCUT2D eigenvalue weighted by Crippen LogP contribution is -2.60. The van der Waals surface area contributed by atoms with Crippen LogP contribution in [0.1, 0.15) is 96.2 Å². The number of hydrogen-bond acceptors (Lipinski definition) is 5. The van der Waals surface area contributed by atoms with Gasteiger partial charge in [-0.05, 0) is 142 Å². The maximum atomic E-state index is 7.26. The van der Waals surface area contributed by atoms with Gasteiger partial charge in [0.1, 0.15) is 23.0 Å². The van der Waals surface area contributed by atoms with Crippen molar-refractivity contribution in [2.75, 3.05) is 4.90 Å². The van der Waals surface area contributed by atoms with Gasteiger partial charge in [0, 0.05) is 57.4 Å². The highest BCUT2D eigenvalue weighted by atomic mass is 16.5. The van der Waals surface area contributed by atoms with Crippen LogP contribution in [0.25, 0.3) is 38.9 Å². The smallest absolute Gasteiger partial charge is 0.145 e. The molecule has 2 aliphatic rings. The minimum absolute atomic E-state index is 0.0527. The predicted octanol–water partition coefficient (Wildman–Crippen LogP) is 14.9. The summed E-state index contributed by atoms with van der Waals surface area (Å²) in [4.78, 5) is 18.4. The van der Waals surface area contributed by atoms with Crippen molar-refractivity contribution in [3.63, 3.8) is 0 Å². The quantitative estimate of drug-likeness (QED) is 0.153. The fourth-order valence-corrected chi connectivity index (χ4v) is 11.6. The Bertz CT molecular complexity index is 3400. The van der Waals surface area contributed by atoms with Gasteiger partial charge in [-0.2, -0.15) is 0 Å². The average molecular weight is 876 g/mol. The number of amidine groups is 1. The van der Waals surface area contributed by atoms with Gasteiger partial charge in [-0.25, -0.2) is 4.98 Å². The highest BCUT2D eigenvalue weighted by molar-refractivity contribution is 6.15. The van der Waals surface area contributed by atoms with E-state index in [0.717, 1.165) is 56.3 Å². The second-order valence-corrected chi connectivity index (χ2v) is 20.2. The molecule has 6 heteroatoms. The molecule has 0 saturated carbocycles. The van der Waals surface area contributed by atoms with E-state index in [0.29, 0.717) is 5.75 Å². The normalized spacial score (nSPS) is 17.0. The summed E-state index contributed by atoms with van der Waals surface area (Å²) in [5, 5.41) is 2.38. The second-order valence-electron chi connectivity index (χ2n) is 20.2. The first-order valence-electron chi connectivity index (χ1n) is 23.5. The standard InChI is InChI=1S/C61H57N5O/c1-37-28-40(4)55(41(5)29-37)66-57(64-60(8,9)61(66,10)54(42-20-13-11-14-21-42)43-22-15-12-16-23-43)45-32-44(51-26-17-18-27-62-51)33-46(34-45)67-53-35-52-50(31-39(53)3)59(6,7)49-25-19-24-47-48-30-38(2)36-63-58(48)65(52)56(47)49/h11-36,54H,1-10H3/t61-/m0/s1. The van der Waals surface area contributed by atoms with Gasteiger partial charge in [0.15, 0.2) is 0 Å². The number of ether oxygens (including phenoxy) is 1. The number of fused-ring (bicyclic) bond motifs is 5. The maximum absolute atomic E-state index is 7.26. The summed E-state index contributed by atoms with van der Waals surface area (Å²) in [6.07, 6.45) is 3.83. The zero-order valence-corrected chi connectivity index (χ0v) is 40.2. The molecule has 1 atom stereocenters. The van der Waals surface area contributed by atoms with Crippen LogP contribution in [-0.4, -0.2) is 31.4 Å². The number of para-hydroxylation sites is 1. The minimum Gasteiger partial charge on any atom is -0.457 e. The fourth-order valence-electron chi connectivity index (χ4n) is 11.6. The van der Waals surface area contributed by atoms with Crippen LogP contribution in [0.15, 0.2) is 163 Å². The molecular weight excluding hydrogens is 819 g/mol. The Balaban J connectivity index is 1.12. The van der Waals surface area contributed by atoms with Gasteiger partial charge < -0.3 is 9.64 Å². The molecule has 332 valence electrons. The zero-order chi connectivity index (χ0) is 46.6. The van der Waals surface area contributed by atoms with Crippen molar-refractivity contribution < 1.29 is 4.74 Å². The van der Waals surface area contributed by atoms with Crippen LogP contribution in [0.5, 0.6) is 11.5 Å². The lowest BCUT2D eigenvalue weighted by Gasteiger charge is -2.50. The summed E-state index contributed by atoms with van der Waals surface area (Å²) >= 11 is 0. The zero-order valence-electron chi connectivity index (χ0n) is 40.2. The van der Waals surface area contributed by atoms with E-state index in [-0.39, 0.29) is 11.3 Å². The Morgan fingerprint density at radius 3 is 1.91 bits per heavy atom. The molecule has 0 N–H and O–H groups in total. The Kier molecular flexibility index (Phi) is 9.72. The number of hydrogen-bond donors (Lipinski definition) is 0. The third kappa shape index (κ3) is 6.55. The first kappa shape index (κ1) is 42.3. The van der Waals surface area contributed by atoms with Crippen LogP contribution in [0, 0.1) is 34.6 Å². The minimum atomic E-state index is -0.590. The highest BCUT2D eigenvalue weighted by Gasteiger charge is 2.58. The van der Waals surface area contributed by atoms with Gasteiger partial charge in [-0.1, -0.05) is 116 Å². The number of aliphatic imine (C=N–C) groups is 1. The summed E-state index contributed by atoms with van der Waals surface area (Å²) in [5.74, 6) is 2.34. The van der Waals surface area contributed by atoms with Crippen molar-refractivity contribution in [2.45, 2.75) is 91.6 Å². The van der Waals surface area contributed by atoms with Crippen molar-refractivity contribution in [3.8, 4) is 28.4 Å². The molecule has 0 fully saturated rings. The SMILES string of the molecule is Cc1cc(C)c(N2C(c3cc(Oc4cc5c(cc4C)C(C)(C)c4cccc6c7cc(C)cnc7n-5c46)cc(-c4ccccn4)c3)=NC(C)(C)[C@]2(C)C(c2ccccc2)c2ccccc2)c(C)c1. The first-order valence-corrected chi connectivity index (χ1v) is 23.5. The molecule has 0 radical (unpaired) electrons. The van der Waals surface area contributed by atoms with Gasteiger partial charge in [0.2, 0.25) is 0 Å². The van der Waals surface area contributed by atoms with E-state index in [1.54, 1.807) is 0 Å². The first-order chi connectivity index (χ1) is 32.2. The van der Waals surface area contributed by atoms with Gasteiger partial charge in [-0.15, -0.1) is 0 Å². The molecule has 0 unspecified atom stereocenters. The van der Waals surface area contributed by atoms with E-state index >= 15 is 0 Å². The molecule has 2 aliphatic heterocycles. The summed E-state index contributed by atoms with van der Waals surface area (Å²) in [6, 6.07) is 52.7. The topological polar surface area (TPSA) is 55.5 Å². The molecular formula is C61H57N5O. The number of nitrogens with zero attached hydrogens (tertiary/aromatic N) is 5. The van der Waals surface area contributed by atoms with Gasteiger partial charge in [0.25, 0.3) is 0 Å². The number of benzene rings is 6. The Hall–Kier alpha value is -7.31. The largest absolute Gasteiger partial charge is 0.457 e. The molecule has 0 saturated heterocycles. The van der Waals surface area contributed by atoms with Gasteiger partial charge >= 0.3 is 0 Å². The van der Waals surface area contributed by atoms with E-state index in [1.807, 2.05) is 24.5 Å². The van der Waals surface area contributed by atoms with Crippen LogP contribution < -0.4 is 9.64 Å². The number of anilines is 1. The third-order valence-electron chi connectivity index (χ3n) is 15.0. The van der Waals surface area contributed by atoms with Crippen molar-refractivity contribution in [1.29, 1.82) is 0 Å². The van der Waals surface area contributed by atoms with E-state index in [1.165, 1.54) is 55.5 Å². The Morgan fingerprint density at radius 2 is 1.24 bits per heavy atom. The third-order valence-corrected chi connectivity index (χ3v) is 15.0. The summed E-state index contributed by atoms with van der Waals surface area (Å²) in [6.45, 7) is 22.7. The lowest BCUT2D eigenvalue weighted by atomic mass is 9.66. The molecule has 6 nitrogen and oxygen atoms in total. The molecule has 9 aromatic rings. The monoisotopic (exact) mass is 875 g/mol. The second kappa shape index (κ2) is 15.4. The molecule has 3 aromatic heterocycles. The molecule has 5 heterocycles. The van der Waals surface area contributed by atoms with Crippen molar-refractivity contribution in [1.82, 2.24) is 14.5 Å². The maximum Gasteiger partial charge on any atom is 0.145 e. The number of aromatic nitrogens is 3. The van der Waals surface area contributed by atoms with Crippen molar-refractivity contribution in [2.24, 2.45) is 4.99 Å². The lowest BCUT2D eigenvalue weighted by molar-refractivity contribution is 0.279. The fraction of sp³-hybridized carbons (Fsp3) is 0.230. The predicted molar refractivity (Wildman–Crippen MR) is 277 cm³/mol. The molecule has 67 heavy (non-hydrogen) atoms. The van der Waals surface area contributed by atoms with Crippen LogP contribution in [0.4, 0.5) is 5.69 Å². The number of rotatable bonds is 8. The van der Waals surface area contributed by atoms with E-state index in [2.05, 4.69) is 212 Å². The van der Waals surface area contributed by atoms with Crippen LogP contribution in [0.3, 0.4) is 0 Å². The van der Waals surface area contributed by atoms with Crippen molar-refractivity contribution >= 4 is 33.5 Å².